The number of aliphatic hydroxyl groups is 2. The minimum atomic E-state index is -1.28. The van der Waals surface area contributed by atoms with Gasteiger partial charge in [0.25, 0.3) is 0 Å². The van der Waals surface area contributed by atoms with E-state index in [-0.39, 0.29) is 12.2 Å². The lowest BCUT2D eigenvalue weighted by molar-refractivity contribution is -0.138. The third-order valence-corrected chi connectivity index (χ3v) is 2.82. The van der Waals surface area contributed by atoms with Crippen molar-refractivity contribution >= 4 is 0 Å². The number of aliphatic hydroxyl groups excluding tert-OH is 1. The Morgan fingerprint density at radius 3 is 1.85 bits per heavy atom. The molecule has 2 heterocycles. The van der Waals surface area contributed by atoms with Crippen molar-refractivity contribution in [3.8, 4) is 0 Å². The van der Waals surface area contributed by atoms with Crippen molar-refractivity contribution in [3.05, 3.63) is 0 Å². The van der Waals surface area contributed by atoms with Crippen molar-refractivity contribution in [2.75, 3.05) is 13.2 Å². The molecule has 0 aromatic rings. The summed E-state index contributed by atoms with van der Waals surface area (Å²) in [7, 11) is 0. The molecule has 2 aliphatic rings. The minimum Gasteiger partial charge on any atom is -0.373 e. The standard InChI is InChI=1S/C9H16O4/c1-9(8(10)11,2-6-4-12-6)3-7-5-13-7/h6-8,10-11H,2-5H2,1H3. The van der Waals surface area contributed by atoms with Crippen LogP contribution >= 0.6 is 0 Å². The molecule has 0 saturated carbocycles. The summed E-state index contributed by atoms with van der Waals surface area (Å²) in [6.45, 7) is 3.39. The highest BCUT2D eigenvalue weighted by Crippen LogP contribution is 2.39. The fourth-order valence-electron chi connectivity index (χ4n) is 1.71. The third-order valence-electron chi connectivity index (χ3n) is 2.82. The van der Waals surface area contributed by atoms with E-state index in [2.05, 4.69) is 0 Å². The van der Waals surface area contributed by atoms with Crippen LogP contribution in [0.4, 0.5) is 0 Å². The minimum absolute atomic E-state index is 0.227. The second-order valence-corrected chi connectivity index (χ2v) is 4.35. The third kappa shape index (κ3) is 2.40. The monoisotopic (exact) mass is 188 g/mol. The number of rotatable bonds is 5. The largest absolute Gasteiger partial charge is 0.373 e. The van der Waals surface area contributed by atoms with Crippen molar-refractivity contribution in [1.82, 2.24) is 0 Å². The van der Waals surface area contributed by atoms with Crippen molar-refractivity contribution in [1.29, 1.82) is 0 Å². The fraction of sp³-hybridized carbons (Fsp3) is 1.00. The van der Waals surface area contributed by atoms with Crippen LogP contribution < -0.4 is 0 Å². The predicted molar refractivity (Wildman–Crippen MR) is 45.0 cm³/mol. The van der Waals surface area contributed by atoms with Crippen LogP contribution in [0.5, 0.6) is 0 Å². The summed E-state index contributed by atoms with van der Waals surface area (Å²) in [5.74, 6) is 0. The zero-order valence-corrected chi connectivity index (χ0v) is 7.77. The van der Waals surface area contributed by atoms with Crippen LogP contribution in [0.3, 0.4) is 0 Å². The number of ether oxygens (including phenoxy) is 2. The van der Waals surface area contributed by atoms with Crippen molar-refractivity contribution < 1.29 is 19.7 Å². The lowest BCUT2D eigenvalue weighted by Gasteiger charge is -2.30. The molecule has 2 rings (SSSR count). The molecule has 4 heteroatoms. The quantitative estimate of drug-likeness (QED) is 0.466. The molecule has 0 bridgehead atoms. The van der Waals surface area contributed by atoms with E-state index in [1.165, 1.54) is 0 Å². The van der Waals surface area contributed by atoms with Gasteiger partial charge in [0.15, 0.2) is 6.29 Å². The van der Waals surface area contributed by atoms with Gasteiger partial charge in [0.2, 0.25) is 0 Å². The Labute approximate surface area is 77.5 Å². The molecule has 2 atom stereocenters. The second-order valence-electron chi connectivity index (χ2n) is 4.35. The predicted octanol–water partition coefficient (Wildman–Crippen LogP) is -0.119. The van der Waals surface area contributed by atoms with Crippen molar-refractivity contribution in [2.45, 2.75) is 38.3 Å². The maximum absolute atomic E-state index is 9.27. The van der Waals surface area contributed by atoms with Gasteiger partial charge in [-0.05, 0) is 12.8 Å². The van der Waals surface area contributed by atoms with Crippen LogP contribution in [-0.4, -0.2) is 41.9 Å². The van der Waals surface area contributed by atoms with E-state index in [1.54, 1.807) is 0 Å². The number of hydrogen-bond acceptors (Lipinski definition) is 4. The van der Waals surface area contributed by atoms with E-state index in [0.717, 1.165) is 13.2 Å². The highest BCUT2D eigenvalue weighted by molar-refractivity contribution is 4.89. The first kappa shape index (κ1) is 9.40. The molecule has 2 saturated heterocycles. The van der Waals surface area contributed by atoms with Gasteiger partial charge in [-0.25, -0.2) is 0 Å². The van der Waals surface area contributed by atoms with Gasteiger partial charge in [0.1, 0.15) is 0 Å². The summed E-state index contributed by atoms with van der Waals surface area (Å²) in [4.78, 5) is 0. The molecule has 2 N–H and O–H groups in total. The molecule has 2 fully saturated rings. The molecule has 2 unspecified atom stereocenters. The Morgan fingerprint density at radius 1 is 1.23 bits per heavy atom. The van der Waals surface area contributed by atoms with Crippen molar-refractivity contribution in [3.63, 3.8) is 0 Å². The summed E-state index contributed by atoms with van der Waals surface area (Å²) in [5.41, 5.74) is -0.470. The van der Waals surface area contributed by atoms with Gasteiger partial charge in [-0.2, -0.15) is 0 Å². The summed E-state index contributed by atoms with van der Waals surface area (Å²) in [5, 5.41) is 18.5. The number of hydrogen-bond donors (Lipinski definition) is 2. The van der Waals surface area contributed by atoms with E-state index in [9.17, 15) is 10.2 Å². The van der Waals surface area contributed by atoms with Gasteiger partial charge in [-0.3, -0.25) is 0 Å². The average Bonchev–Trinajstić information content (AvgIpc) is 2.83. The molecule has 2 aliphatic heterocycles. The van der Waals surface area contributed by atoms with E-state index in [0.29, 0.717) is 12.8 Å². The van der Waals surface area contributed by atoms with Crippen LogP contribution in [0.2, 0.25) is 0 Å². The average molecular weight is 188 g/mol. The van der Waals surface area contributed by atoms with E-state index in [1.807, 2.05) is 6.92 Å². The molecule has 4 nitrogen and oxygen atoms in total. The molecular formula is C9H16O4. The SMILES string of the molecule is CC(CC1CO1)(CC1CO1)C(O)O. The lowest BCUT2D eigenvalue weighted by Crippen LogP contribution is -2.35. The first-order valence-electron chi connectivity index (χ1n) is 4.69. The van der Waals surface area contributed by atoms with Crippen LogP contribution in [-0.2, 0) is 9.47 Å². The lowest BCUT2D eigenvalue weighted by atomic mass is 9.80. The summed E-state index contributed by atoms with van der Waals surface area (Å²) in [6, 6.07) is 0. The van der Waals surface area contributed by atoms with Gasteiger partial charge < -0.3 is 19.7 Å². The van der Waals surface area contributed by atoms with Crippen LogP contribution in [0.15, 0.2) is 0 Å². The molecule has 0 amide bonds. The molecule has 0 radical (unpaired) electrons. The number of epoxide rings is 2. The highest BCUT2D eigenvalue weighted by atomic mass is 16.6. The van der Waals surface area contributed by atoms with Crippen LogP contribution in [0.25, 0.3) is 0 Å². The Hall–Kier alpha value is -0.160. The van der Waals surface area contributed by atoms with E-state index in [4.69, 9.17) is 9.47 Å². The second kappa shape index (κ2) is 3.20. The zero-order valence-electron chi connectivity index (χ0n) is 7.77. The molecule has 0 aromatic carbocycles. The Bertz CT molecular complexity index is 170. The molecule has 0 aliphatic carbocycles. The van der Waals surface area contributed by atoms with E-state index >= 15 is 0 Å². The van der Waals surface area contributed by atoms with Crippen LogP contribution in [0, 0.1) is 5.41 Å². The van der Waals surface area contributed by atoms with E-state index < -0.39 is 11.7 Å². The Kier molecular flexibility index (Phi) is 2.32. The van der Waals surface area contributed by atoms with Gasteiger partial charge in [0, 0.05) is 5.41 Å². The summed E-state index contributed by atoms with van der Waals surface area (Å²) in [6.07, 6.45) is 0.603. The van der Waals surface area contributed by atoms with Gasteiger partial charge in [-0.15, -0.1) is 0 Å². The Morgan fingerprint density at radius 2 is 1.62 bits per heavy atom. The van der Waals surface area contributed by atoms with Gasteiger partial charge in [0.05, 0.1) is 25.4 Å². The molecule has 13 heavy (non-hydrogen) atoms. The maximum atomic E-state index is 9.27. The molecule has 0 spiro atoms. The van der Waals surface area contributed by atoms with Gasteiger partial charge in [-0.1, -0.05) is 6.92 Å². The summed E-state index contributed by atoms with van der Waals surface area (Å²) >= 11 is 0. The normalized spacial score (nSPS) is 36.0. The zero-order chi connectivity index (χ0) is 9.47. The van der Waals surface area contributed by atoms with Crippen molar-refractivity contribution in [2.24, 2.45) is 5.41 Å². The first-order chi connectivity index (χ1) is 6.10. The molecular weight excluding hydrogens is 172 g/mol. The molecule has 76 valence electrons. The fourth-order valence-corrected chi connectivity index (χ4v) is 1.71. The first-order valence-corrected chi connectivity index (χ1v) is 4.69. The Balaban J connectivity index is 1.90. The smallest absolute Gasteiger partial charge is 0.157 e. The maximum Gasteiger partial charge on any atom is 0.157 e. The summed E-state index contributed by atoms with van der Waals surface area (Å²) < 4.78 is 10.2. The van der Waals surface area contributed by atoms with Gasteiger partial charge >= 0.3 is 0 Å². The molecule has 0 aromatic heterocycles. The highest BCUT2D eigenvalue weighted by Gasteiger charge is 2.43. The van der Waals surface area contributed by atoms with Crippen LogP contribution in [0.1, 0.15) is 19.8 Å². The topological polar surface area (TPSA) is 65.5 Å².